The Labute approximate surface area is 160 Å². The lowest BCUT2D eigenvalue weighted by atomic mass is 10.1. The average molecular weight is 388 g/mol. The number of anilines is 1. The van der Waals surface area contributed by atoms with Crippen LogP contribution >= 0.6 is 0 Å². The van der Waals surface area contributed by atoms with Gasteiger partial charge in [-0.3, -0.25) is 4.79 Å². The van der Waals surface area contributed by atoms with Crippen LogP contribution in [0.5, 0.6) is 11.5 Å². The van der Waals surface area contributed by atoms with Crippen molar-refractivity contribution >= 4 is 23.5 Å². The molecular weight excluding hydrogens is 368 g/mol. The molecule has 0 bridgehead atoms. The van der Waals surface area contributed by atoms with Gasteiger partial charge < -0.3 is 29.2 Å². The lowest BCUT2D eigenvalue weighted by Crippen LogP contribution is -2.22. The number of methoxy groups -OCH3 is 1. The third-order valence-corrected chi connectivity index (χ3v) is 4.19. The average Bonchev–Trinajstić information content (AvgIpc) is 2.99. The smallest absolute Gasteiger partial charge is 0.355 e. The number of amides is 1. The van der Waals surface area contributed by atoms with Crippen molar-refractivity contribution in [1.82, 2.24) is 4.98 Å². The second-order valence-corrected chi connectivity index (χ2v) is 6.10. The number of carbonyl (C=O) groups is 3. The maximum atomic E-state index is 12.3. The second-order valence-electron chi connectivity index (χ2n) is 6.10. The number of hydrogen-bond donors (Lipinski definition) is 2. The molecule has 0 aliphatic carbocycles. The van der Waals surface area contributed by atoms with Gasteiger partial charge in [-0.1, -0.05) is 0 Å². The van der Waals surface area contributed by atoms with Crippen molar-refractivity contribution in [3.05, 3.63) is 40.7 Å². The van der Waals surface area contributed by atoms with Gasteiger partial charge in [0.25, 0.3) is 5.91 Å². The Morgan fingerprint density at radius 2 is 1.82 bits per heavy atom. The summed E-state index contributed by atoms with van der Waals surface area (Å²) in [6, 6.07) is 4.99. The molecule has 9 nitrogen and oxygen atoms in total. The Hall–Kier alpha value is -3.49. The third kappa shape index (κ3) is 3.93. The van der Waals surface area contributed by atoms with Gasteiger partial charge in [0.2, 0.25) is 0 Å². The Morgan fingerprint density at radius 1 is 1.11 bits per heavy atom. The number of esters is 2. The molecule has 0 spiro atoms. The van der Waals surface area contributed by atoms with Gasteiger partial charge in [0.15, 0.2) is 18.1 Å². The molecule has 1 aliphatic rings. The lowest BCUT2D eigenvalue weighted by Gasteiger charge is -2.19. The minimum Gasteiger partial charge on any atom is -0.486 e. The summed E-state index contributed by atoms with van der Waals surface area (Å²) in [5.74, 6) is -0.669. The zero-order valence-electron chi connectivity index (χ0n) is 15.7. The van der Waals surface area contributed by atoms with Crippen LogP contribution < -0.4 is 14.8 Å². The molecule has 148 valence electrons. The lowest BCUT2D eigenvalue weighted by molar-refractivity contribution is -0.119. The summed E-state index contributed by atoms with van der Waals surface area (Å²) in [5.41, 5.74) is 1.75. The summed E-state index contributed by atoms with van der Waals surface area (Å²) in [7, 11) is 1.26. The Kier molecular flexibility index (Phi) is 5.53. The number of aromatic nitrogens is 1. The molecule has 2 aromatic rings. The van der Waals surface area contributed by atoms with E-state index in [0.29, 0.717) is 41.7 Å². The second kappa shape index (κ2) is 8.03. The maximum Gasteiger partial charge on any atom is 0.355 e. The van der Waals surface area contributed by atoms with E-state index in [-0.39, 0.29) is 11.3 Å². The summed E-state index contributed by atoms with van der Waals surface area (Å²) in [4.78, 5) is 38.9. The van der Waals surface area contributed by atoms with Gasteiger partial charge in [-0.05, 0) is 31.5 Å². The van der Waals surface area contributed by atoms with Crippen LogP contribution in [-0.4, -0.2) is 49.8 Å². The monoisotopic (exact) mass is 388 g/mol. The normalized spacial score (nSPS) is 12.2. The highest BCUT2D eigenvalue weighted by Gasteiger charge is 2.24. The van der Waals surface area contributed by atoms with Crippen LogP contribution in [0.2, 0.25) is 0 Å². The number of fused-ring (bicyclic) bond motifs is 1. The molecule has 0 radical (unpaired) electrons. The fourth-order valence-electron chi connectivity index (χ4n) is 2.88. The van der Waals surface area contributed by atoms with Crippen molar-refractivity contribution < 1.29 is 33.3 Å². The summed E-state index contributed by atoms with van der Waals surface area (Å²) in [6.07, 6.45) is 0. The minimum absolute atomic E-state index is 0.102. The van der Waals surface area contributed by atoms with Crippen molar-refractivity contribution in [2.75, 3.05) is 32.2 Å². The largest absolute Gasteiger partial charge is 0.486 e. The quantitative estimate of drug-likeness (QED) is 0.753. The molecule has 3 rings (SSSR count). The van der Waals surface area contributed by atoms with Gasteiger partial charge in [-0.15, -0.1) is 0 Å². The van der Waals surface area contributed by atoms with E-state index in [1.165, 1.54) is 7.11 Å². The van der Waals surface area contributed by atoms with Crippen LogP contribution in [0.1, 0.15) is 32.1 Å². The number of carbonyl (C=O) groups excluding carboxylic acids is 3. The zero-order valence-corrected chi connectivity index (χ0v) is 15.7. The van der Waals surface area contributed by atoms with Crippen LogP contribution in [0.3, 0.4) is 0 Å². The van der Waals surface area contributed by atoms with Crippen LogP contribution in [0, 0.1) is 13.8 Å². The van der Waals surface area contributed by atoms with Crippen LogP contribution in [0.4, 0.5) is 5.69 Å². The number of H-pyrrole nitrogens is 1. The fraction of sp³-hybridized carbons (Fsp3) is 0.316. The highest BCUT2D eigenvalue weighted by Crippen LogP contribution is 2.32. The Bertz CT molecular complexity index is 933. The SMILES string of the molecule is COC(=O)c1c(C)[nH]c(C(=O)OCC(=O)Nc2ccc3c(c2)OCCO3)c1C. The molecule has 1 aromatic carbocycles. The molecule has 0 atom stereocenters. The first-order valence-electron chi connectivity index (χ1n) is 8.54. The fourth-order valence-corrected chi connectivity index (χ4v) is 2.88. The Balaban J connectivity index is 1.60. The predicted molar refractivity (Wildman–Crippen MR) is 98.0 cm³/mol. The molecule has 1 aromatic heterocycles. The van der Waals surface area contributed by atoms with Gasteiger partial charge in [0, 0.05) is 17.4 Å². The number of rotatable bonds is 5. The van der Waals surface area contributed by atoms with Gasteiger partial charge in [-0.2, -0.15) is 0 Å². The topological polar surface area (TPSA) is 116 Å². The van der Waals surface area contributed by atoms with E-state index in [4.69, 9.17) is 18.9 Å². The van der Waals surface area contributed by atoms with E-state index in [1.807, 2.05) is 0 Å². The van der Waals surface area contributed by atoms with E-state index in [0.717, 1.165) is 0 Å². The first kappa shape index (κ1) is 19.3. The first-order chi connectivity index (χ1) is 13.4. The molecular formula is C19H20N2O7. The van der Waals surface area contributed by atoms with E-state index in [9.17, 15) is 14.4 Å². The molecule has 2 N–H and O–H groups in total. The van der Waals surface area contributed by atoms with Crippen molar-refractivity contribution in [2.45, 2.75) is 13.8 Å². The van der Waals surface area contributed by atoms with E-state index in [2.05, 4.69) is 10.3 Å². The van der Waals surface area contributed by atoms with Gasteiger partial charge in [0.1, 0.15) is 18.9 Å². The van der Waals surface area contributed by atoms with Crippen molar-refractivity contribution in [3.63, 3.8) is 0 Å². The summed E-state index contributed by atoms with van der Waals surface area (Å²) >= 11 is 0. The summed E-state index contributed by atoms with van der Waals surface area (Å²) < 4.78 is 20.6. The molecule has 0 unspecified atom stereocenters. The van der Waals surface area contributed by atoms with Gasteiger partial charge in [0.05, 0.1) is 12.7 Å². The highest BCUT2D eigenvalue weighted by atomic mass is 16.6. The van der Waals surface area contributed by atoms with E-state index >= 15 is 0 Å². The van der Waals surface area contributed by atoms with E-state index in [1.54, 1.807) is 32.0 Å². The minimum atomic E-state index is -0.743. The number of ether oxygens (including phenoxy) is 4. The van der Waals surface area contributed by atoms with Crippen LogP contribution in [0.25, 0.3) is 0 Å². The van der Waals surface area contributed by atoms with Crippen molar-refractivity contribution in [2.24, 2.45) is 0 Å². The first-order valence-corrected chi connectivity index (χ1v) is 8.54. The third-order valence-electron chi connectivity index (χ3n) is 4.19. The molecule has 2 heterocycles. The predicted octanol–water partition coefficient (Wildman–Crippen LogP) is 1.98. The molecule has 0 fully saturated rings. The summed E-state index contributed by atoms with van der Waals surface area (Å²) in [6.45, 7) is 3.67. The molecule has 9 heteroatoms. The summed E-state index contributed by atoms with van der Waals surface area (Å²) in [5, 5.41) is 2.62. The Morgan fingerprint density at radius 3 is 2.54 bits per heavy atom. The van der Waals surface area contributed by atoms with Gasteiger partial charge in [-0.25, -0.2) is 9.59 Å². The highest BCUT2D eigenvalue weighted by molar-refractivity contribution is 5.99. The molecule has 0 saturated carbocycles. The molecule has 1 aliphatic heterocycles. The number of nitrogens with one attached hydrogen (secondary N) is 2. The zero-order chi connectivity index (χ0) is 20.3. The standard InChI is InChI=1S/C19H20N2O7/c1-10-16(18(23)25-3)11(2)20-17(10)19(24)28-9-15(22)21-12-4-5-13-14(8-12)27-7-6-26-13/h4-5,8,20H,6-7,9H2,1-3H3,(H,21,22). The van der Waals surface area contributed by atoms with E-state index < -0.39 is 24.5 Å². The number of benzene rings is 1. The molecule has 1 amide bonds. The maximum absolute atomic E-state index is 12.3. The molecule has 0 saturated heterocycles. The van der Waals surface area contributed by atoms with Crippen molar-refractivity contribution in [1.29, 1.82) is 0 Å². The van der Waals surface area contributed by atoms with Gasteiger partial charge >= 0.3 is 11.9 Å². The number of hydrogen-bond acceptors (Lipinski definition) is 7. The number of aryl methyl sites for hydroxylation is 1. The van der Waals surface area contributed by atoms with Crippen LogP contribution in [0.15, 0.2) is 18.2 Å². The van der Waals surface area contributed by atoms with Crippen LogP contribution in [-0.2, 0) is 14.3 Å². The number of aromatic amines is 1. The van der Waals surface area contributed by atoms with Crippen molar-refractivity contribution in [3.8, 4) is 11.5 Å². The molecule has 28 heavy (non-hydrogen) atoms.